The number of aromatic nitrogens is 1. The highest BCUT2D eigenvalue weighted by atomic mass is 15.2. The third-order valence-corrected chi connectivity index (χ3v) is 2.63. The standard InChI is InChI=1S/C13H17N5/c1-3-16-11(2)12-4-7-17-13(10-12)18(8-5-14)9-6-15/h4,7,10-11,16H,3,8-9H2,1-2H3. The van der Waals surface area contributed by atoms with Gasteiger partial charge in [0, 0.05) is 12.2 Å². The molecule has 1 aromatic rings. The lowest BCUT2D eigenvalue weighted by atomic mass is 10.1. The molecule has 0 saturated carbocycles. The molecule has 5 heteroatoms. The van der Waals surface area contributed by atoms with Crippen LogP contribution in [0.5, 0.6) is 0 Å². The molecule has 0 fully saturated rings. The normalized spacial score (nSPS) is 11.3. The van der Waals surface area contributed by atoms with E-state index < -0.39 is 0 Å². The maximum absolute atomic E-state index is 8.75. The van der Waals surface area contributed by atoms with E-state index in [1.54, 1.807) is 11.1 Å². The fourth-order valence-electron chi connectivity index (χ4n) is 1.69. The topological polar surface area (TPSA) is 75.7 Å². The smallest absolute Gasteiger partial charge is 0.130 e. The van der Waals surface area contributed by atoms with Gasteiger partial charge in [-0.1, -0.05) is 6.92 Å². The largest absolute Gasteiger partial charge is 0.330 e. The van der Waals surface area contributed by atoms with Crippen molar-refractivity contribution in [3.8, 4) is 12.1 Å². The van der Waals surface area contributed by atoms with Gasteiger partial charge in [0.25, 0.3) is 0 Å². The Morgan fingerprint density at radius 3 is 2.61 bits per heavy atom. The van der Waals surface area contributed by atoms with Crippen LogP contribution in [-0.2, 0) is 0 Å². The van der Waals surface area contributed by atoms with Crippen molar-refractivity contribution in [3.05, 3.63) is 23.9 Å². The summed E-state index contributed by atoms with van der Waals surface area (Å²) in [6.45, 7) is 5.34. The number of anilines is 1. The summed E-state index contributed by atoms with van der Waals surface area (Å²) >= 11 is 0. The summed E-state index contributed by atoms with van der Waals surface area (Å²) in [5.41, 5.74) is 1.10. The monoisotopic (exact) mass is 243 g/mol. The van der Waals surface area contributed by atoms with Crippen LogP contribution in [0.3, 0.4) is 0 Å². The molecule has 0 aliphatic heterocycles. The third-order valence-electron chi connectivity index (χ3n) is 2.63. The van der Waals surface area contributed by atoms with Crippen LogP contribution in [0.15, 0.2) is 18.3 Å². The minimum absolute atomic E-state index is 0.166. The summed E-state index contributed by atoms with van der Waals surface area (Å²) in [7, 11) is 0. The molecule has 1 rings (SSSR count). The maximum atomic E-state index is 8.75. The summed E-state index contributed by atoms with van der Waals surface area (Å²) in [6, 6.07) is 8.17. The van der Waals surface area contributed by atoms with E-state index in [1.807, 2.05) is 24.3 Å². The third kappa shape index (κ3) is 3.73. The lowest BCUT2D eigenvalue weighted by Crippen LogP contribution is -2.25. The summed E-state index contributed by atoms with van der Waals surface area (Å²) < 4.78 is 0. The Hall–Kier alpha value is -2.11. The van der Waals surface area contributed by atoms with Crippen LogP contribution in [0, 0.1) is 22.7 Å². The van der Waals surface area contributed by atoms with Gasteiger partial charge in [0.1, 0.15) is 18.9 Å². The predicted octanol–water partition coefficient (Wildman–Crippen LogP) is 1.61. The maximum Gasteiger partial charge on any atom is 0.130 e. The lowest BCUT2D eigenvalue weighted by molar-refractivity contribution is 0.597. The number of nitrogens with zero attached hydrogens (tertiary/aromatic N) is 4. The quantitative estimate of drug-likeness (QED) is 0.768. The first-order chi connectivity index (χ1) is 8.72. The predicted molar refractivity (Wildman–Crippen MR) is 69.8 cm³/mol. The second kappa shape index (κ2) is 7.26. The van der Waals surface area contributed by atoms with Gasteiger partial charge < -0.3 is 10.2 Å². The van der Waals surface area contributed by atoms with Crippen LogP contribution in [0.25, 0.3) is 0 Å². The van der Waals surface area contributed by atoms with Crippen LogP contribution in [0.4, 0.5) is 5.82 Å². The zero-order valence-electron chi connectivity index (χ0n) is 10.7. The molecule has 1 N–H and O–H groups in total. The van der Waals surface area contributed by atoms with Crippen LogP contribution in [0.2, 0.25) is 0 Å². The summed E-state index contributed by atoms with van der Waals surface area (Å²) in [5.74, 6) is 0.667. The number of nitrogens with one attached hydrogen (secondary N) is 1. The fraction of sp³-hybridized carbons (Fsp3) is 0.462. The van der Waals surface area contributed by atoms with Crippen molar-refractivity contribution in [3.63, 3.8) is 0 Å². The van der Waals surface area contributed by atoms with Crippen molar-refractivity contribution in [2.24, 2.45) is 0 Å². The summed E-state index contributed by atoms with van der Waals surface area (Å²) in [6.07, 6.45) is 1.71. The second-order valence-electron chi connectivity index (χ2n) is 3.90. The Labute approximate surface area is 108 Å². The van der Waals surface area contributed by atoms with E-state index in [-0.39, 0.29) is 19.1 Å². The number of hydrogen-bond donors (Lipinski definition) is 1. The number of rotatable bonds is 6. The molecule has 5 nitrogen and oxygen atoms in total. The zero-order chi connectivity index (χ0) is 13.4. The van der Waals surface area contributed by atoms with Gasteiger partial charge in [0.05, 0.1) is 12.1 Å². The van der Waals surface area contributed by atoms with E-state index >= 15 is 0 Å². The summed E-state index contributed by atoms with van der Waals surface area (Å²) in [5, 5.41) is 20.8. The molecular formula is C13H17N5. The van der Waals surface area contributed by atoms with Crippen LogP contribution < -0.4 is 10.2 Å². The summed E-state index contributed by atoms with van der Waals surface area (Å²) in [4.78, 5) is 5.87. The average Bonchev–Trinajstić information content (AvgIpc) is 2.39. The number of hydrogen-bond acceptors (Lipinski definition) is 5. The van der Waals surface area contributed by atoms with Gasteiger partial charge in [-0.2, -0.15) is 10.5 Å². The average molecular weight is 243 g/mol. The minimum Gasteiger partial charge on any atom is -0.330 e. The molecule has 1 aromatic heterocycles. The van der Waals surface area contributed by atoms with Crippen molar-refractivity contribution in [2.45, 2.75) is 19.9 Å². The first-order valence-electron chi connectivity index (χ1n) is 5.91. The second-order valence-corrected chi connectivity index (χ2v) is 3.90. The molecule has 0 aromatic carbocycles. The van der Waals surface area contributed by atoms with Gasteiger partial charge in [-0.15, -0.1) is 0 Å². The van der Waals surface area contributed by atoms with Crippen LogP contribution in [-0.4, -0.2) is 24.6 Å². The molecule has 1 unspecified atom stereocenters. The number of pyridine rings is 1. The molecule has 0 spiro atoms. The number of nitriles is 2. The Morgan fingerprint density at radius 2 is 2.06 bits per heavy atom. The molecule has 1 atom stereocenters. The van der Waals surface area contributed by atoms with Crippen molar-refractivity contribution >= 4 is 5.82 Å². The molecule has 0 bridgehead atoms. The van der Waals surface area contributed by atoms with Gasteiger partial charge in [0.2, 0.25) is 0 Å². The van der Waals surface area contributed by atoms with Crippen LogP contribution in [0.1, 0.15) is 25.5 Å². The van der Waals surface area contributed by atoms with Crippen molar-refractivity contribution in [1.29, 1.82) is 10.5 Å². The SMILES string of the molecule is CCNC(C)c1ccnc(N(CC#N)CC#N)c1. The molecule has 0 saturated heterocycles. The van der Waals surface area contributed by atoms with Crippen molar-refractivity contribution < 1.29 is 0 Å². The first kappa shape index (κ1) is 14.0. The van der Waals surface area contributed by atoms with Gasteiger partial charge in [-0.3, -0.25) is 0 Å². The Kier molecular flexibility index (Phi) is 5.63. The molecule has 0 amide bonds. The lowest BCUT2D eigenvalue weighted by Gasteiger charge is -2.19. The molecular weight excluding hydrogens is 226 g/mol. The van der Waals surface area contributed by atoms with E-state index in [0.29, 0.717) is 5.82 Å². The van der Waals surface area contributed by atoms with E-state index in [0.717, 1.165) is 12.1 Å². The van der Waals surface area contributed by atoms with Crippen molar-refractivity contribution in [1.82, 2.24) is 10.3 Å². The fourth-order valence-corrected chi connectivity index (χ4v) is 1.69. The molecule has 0 aliphatic carbocycles. The van der Waals surface area contributed by atoms with E-state index in [1.165, 1.54) is 0 Å². The van der Waals surface area contributed by atoms with Gasteiger partial charge in [0.15, 0.2) is 0 Å². The highest BCUT2D eigenvalue weighted by Crippen LogP contribution is 2.17. The van der Waals surface area contributed by atoms with E-state index in [4.69, 9.17) is 10.5 Å². The molecule has 0 radical (unpaired) electrons. The Morgan fingerprint density at radius 1 is 1.39 bits per heavy atom. The van der Waals surface area contributed by atoms with E-state index in [2.05, 4.69) is 24.1 Å². The Balaban J connectivity index is 2.92. The van der Waals surface area contributed by atoms with Crippen molar-refractivity contribution in [2.75, 3.05) is 24.5 Å². The minimum atomic E-state index is 0.166. The van der Waals surface area contributed by atoms with E-state index in [9.17, 15) is 0 Å². The molecule has 0 aliphatic rings. The van der Waals surface area contributed by atoms with Gasteiger partial charge >= 0.3 is 0 Å². The highest BCUT2D eigenvalue weighted by Gasteiger charge is 2.10. The van der Waals surface area contributed by atoms with Gasteiger partial charge in [-0.05, 0) is 31.2 Å². The van der Waals surface area contributed by atoms with Gasteiger partial charge in [-0.25, -0.2) is 4.98 Å². The Bertz CT molecular complexity index is 441. The van der Waals surface area contributed by atoms with Crippen LogP contribution >= 0.6 is 0 Å². The zero-order valence-corrected chi connectivity index (χ0v) is 10.7. The molecule has 94 valence electrons. The molecule has 1 heterocycles. The highest BCUT2D eigenvalue weighted by molar-refractivity contribution is 5.43. The first-order valence-corrected chi connectivity index (χ1v) is 5.91. The molecule has 18 heavy (non-hydrogen) atoms.